The number of hydrogen-bond donors (Lipinski definition) is 0. The molecule has 0 aliphatic heterocycles. The molecule has 0 N–H and O–H groups in total. The maximum atomic E-state index is 13.9. The maximum Gasteiger partial charge on any atom is 0.288 e. The first-order valence-electron chi connectivity index (χ1n) is 9.36. The van der Waals surface area contributed by atoms with Gasteiger partial charge in [-0.05, 0) is 43.2 Å². The Labute approximate surface area is 170 Å². The van der Waals surface area contributed by atoms with Gasteiger partial charge in [-0.25, -0.2) is 13.1 Å². The van der Waals surface area contributed by atoms with Crippen molar-refractivity contribution in [1.29, 1.82) is 0 Å². The van der Waals surface area contributed by atoms with Gasteiger partial charge in [-0.15, -0.1) is 0 Å². The molecule has 2 aromatic carbocycles. The lowest BCUT2D eigenvalue weighted by molar-refractivity contribution is 0.0124. The Balaban J connectivity index is 2.08. The fourth-order valence-electron chi connectivity index (χ4n) is 3.05. The molecule has 3 aromatic rings. The molecule has 0 bridgehead atoms. The second-order valence-electron chi connectivity index (χ2n) is 7.75. The molecular weight excluding hydrogens is 394 g/mol. The topological polar surface area (TPSA) is 52.0 Å². The number of aryl methyl sites for hydroxylation is 1. The van der Waals surface area contributed by atoms with E-state index in [9.17, 15) is 17.2 Å². The lowest BCUT2D eigenvalue weighted by Crippen LogP contribution is -2.12. The minimum absolute atomic E-state index is 0.00766. The quantitative estimate of drug-likeness (QED) is 0.539. The third-order valence-electron chi connectivity index (χ3n) is 4.50. The van der Waals surface area contributed by atoms with Crippen molar-refractivity contribution in [1.82, 2.24) is 9.78 Å². The summed E-state index contributed by atoms with van der Waals surface area (Å²) < 4.78 is 54.1. The zero-order valence-corrected chi connectivity index (χ0v) is 17.7. The number of nitrogens with zero attached hydrogens (tertiary/aromatic N) is 2. The van der Waals surface area contributed by atoms with Crippen LogP contribution < -0.4 is 0 Å². The van der Waals surface area contributed by atoms with Crippen molar-refractivity contribution >= 4 is 9.84 Å². The highest BCUT2D eigenvalue weighted by Gasteiger charge is 2.30. The molecule has 0 saturated heterocycles. The molecule has 1 aromatic heterocycles. The number of hydrogen-bond acceptors (Lipinski definition) is 3. The maximum absolute atomic E-state index is 13.9. The van der Waals surface area contributed by atoms with Crippen LogP contribution in [0.25, 0.3) is 16.9 Å². The van der Waals surface area contributed by atoms with E-state index in [-0.39, 0.29) is 22.3 Å². The molecule has 1 heterocycles. The highest BCUT2D eigenvalue weighted by atomic mass is 32.2. The van der Waals surface area contributed by atoms with E-state index in [0.717, 1.165) is 18.1 Å². The molecule has 29 heavy (non-hydrogen) atoms. The van der Waals surface area contributed by atoms with Crippen LogP contribution >= 0.6 is 0 Å². The van der Waals surface area contributed by atoms with Crippen molar-refractivity contribution in [3.8, 4) is 16.9 Å². The van der Waals surface area contributed by atoms with Gasteiger partial charge >= 0.3 is 0 Å². The Morgan fingerprint density at radius 1 is 1.03 bits per heavy atom. The average molecular weight is 419 g/mol. The van der Waals surface area contributed by atoms with Gasteiger partial charge < -0.3 is 0 Å². The normalized spacial score (nSPS) is 12.5. The molecule has 0 spiro atoms. The largest absolute Gasteiger partial charge is 0.288 e. The predicted molar refractivity (Wildman–Crippen MR) is 110 cm³/mol. The minimum atomic E-state index is -3.39. The minimum Gasteiger partial charge on any atom is -0.233 e. The van der Waals surface area contributed by atoms with Crippen molar-refractivity contribution in [3.63, 3.8) is 0 Å². The second-order valence-corrected chi connectivity index (χ2v) is 9.78. The van der Waals surface area contributed by atoms with Gasteiger partial charge in [-0.3, -0.25) is 0 Å². The van der Waals surface area contributed by atoms with Crippen LogP contribution in [-0.4, -0.2) is 24.0 Å². The summed E-state index contributed by atoms with van der Waals surface area (Å²) in [6, 6.07) is 15.0. The highest BCUT2D eigenvalue weighted by Crippen LogP contribution is 2.32. The molecule has 0 fully saturated rings. The van der Waals surface area contributed by atoms with Crippen LogP contribution in [0.4, 0.5) is 8.78 Å². The highest BCUT2D eigenvalue weighted by molar-refractivity contribution is 7.91. The van der Waals surface area contributed by atoms with E-state index in [0.29, 0.717) is 11.4 Å². The summed E-state index contributed by atoms with van der Waals surface area (Å²) >= 11 is 0. The first-order chi connectivity index (χ1) is 13.5. The first-order valence-corrected chi connectivity index (χ1v) is 11.0. The van der Waals surface area contributed by atoms with Crippen LogP contribution in [-0.2, 0) is 15.8 Å². The number of aromatic nitrogens is 2. The Morgan fingerprint density at radius 3 is 2.14 bits per heavy atom. The Bertz CT molecular complexity index is 1100. The number of sulfone groups is 1. The summed E-state index contributed by atoms with van der Waals surface area (Å²) in [6.45, 7) is 6.44. The molecule has 0 unspecified atom stereocenters. The summed E-state index contributed by atoms with van der Waals surface area (Å²) in [5, 5.41) is 4.11. The number of benzene rings is 2. The van der Waals surface area contributed by atoms with E-state index in [1.54, 1.807) is 12.1 Å². The number of alkyl halides is 2. The summed E-state index contributed by atoms with van der Waals surface area (Å²) in [7, 11) is -3.39. The Morgan fingerprint density at radius 2 is 1.62 bits per heavy atom. The van der Waals surface area contributed by atoms with Crippen molar-refractivity contribution in [2.45, 2.75) is 38.5 Å². The summed E-state index contributed by atoms with van der Waals surface area (Å²) in [6.07, 6.45) is 0. The molecular formula is C22H24F2N2O2S. The molecule has 0 atom stereocenters. The Kier molecular flexibility index (Phi) is 5.63. The lowest BCUT2D eigenvalue weighted by atomic mass is 10.1. The zero-order valence-electron chi connectivity index (χ0n) is 16.9. The summed E-state index contributed by atoms with van der Waals surface area (Å²) in [5.74, 6) is -3.03. The van der Waals surface area contributed by atoms with Crippen LogP contribution in [0.15, 0.2) is 59.5 Å². The zero-order chi connectivity index (χ0) is 21.4. The Hall–Kier alpha value is -2.54. The van der Waals surface area contributed by atoms with E-state index >= 15 is 0 Å². The average Bonchev–Trinajstić information content (AvgIpc) is 3.07. The van der Waals surface area contributed by atoms with Crippen molar-refractivity contribution in [3.05, 3.63) is 65.9 Å². The van der Waals surface area contributed by atoms with Gasteiger partial charge in [0, 0.05) is 12.5 Å². The van der Waals surface area contributed by atoms with Gasteiger partial charge in [0.05, 0.1) is 22.0 Å². The van der Waals surface area contributed by atoms with Crippen molar-refractivity contribution in [2.75, 3.05) is 5.75 Å². The molecule has 3 rings (SSSR count). The first kappa shape index (κ1) is 21.2. The van der Waals surface area contributed by atoms with Crippen LogP contribution in [0, 0.1) is 12.8 Å². The van der Waals surface area contributed by atoms with Gasteiger partial charge in [0.2, 0.25) is 0 Å². The molecule has 0 saturated carbocycles. The summed E-state index contributed by atoms with van der Waals surface area (Å²) in [5.41, 5.74) is 2.49. The third kappa shape index (κ3) is 4.72. The van der Waals surface area contributed by atoms with Crippen molar-refractivity contribution < 1.29 is 17.2 Å². The van der Waals surface area contributed by atoms with Crippen molar-refractivity contribution in [2.24, 2.45) is 5.92 Å². The molecule has 0 aliphatic carbocycles. The fourth-order valence-corrected chi connectivity index (χ4v) is 4.67. The fraction of sp³-hybridized carbons (Fsp3) is 0.318. The molecule has 7 heteroatoms. The molecule has 0 radical (unpaired) electrons. The second kappa shape index (κ2) is 7.71. The van der Waals surface area contributed by atoms with Gasteiger partial charge in [-0.2, -0.15) is 13.9 Å². The predicted octanol–water partition coefficient (Wildman–Crippen LogP) is 5.39. The third-order valence-corrected chi connectivity index (χ3v) is 6.60. The molecule has 154 valence electrons. The standard InChI is InChI=1S/C22H24F2N2O2S/c1-15(2)14-29(27,28)19-11-9-18(10-12-19)26-20(13-21(25-26)22(4,23)24)17-7-5-16(3)6-8-17/h5-13,15H,14H2,1-4H3. The SMILES string of the molecule is Cc1ccc(-c2cc(C(C)(F)F)nn2-c2ccc(S(=O)(=O)CC(C)C)cc2)cc1. The molecule has 0 amide bonds. The number of halogens is 2. The van der Waals surface area contributed by atoms with Crippen LogP contribution in [0.5, 0.6) is 0 Å². The van der Waals surface area contributed by atoms with E-state index in [1.807, 2.05) is 45.0 Å². The molecule has 4 nitrogen and oxygen atoms in total. The lowest BCUT2D eigenvalue weighted by Gasteiger charge is -2.11. The summed E-state index contributed by atoms with van der Waals surface area (Å²) in [4.78, 5) is 0.208. The monoisotopic (exact) mass is 418 g/mol. The van der Waals surface area contributed by atoms with Crippen LogP contribution in [0.3, 0.4) is 0 Å². The van der Waals surface area contributed by atoms with E-state index in [4.69, 9.17) is 0 Å². The van der Waals surface area contributed by atoms with Gasteiger partial charge in [0.25, 0.3) is 5.92 Å². The van der Waals surface area contributed by atoms with E-state index in [1.165, 1.54) is 22.9 Å². The van der Waals surface area contributed by atoms with Gasteiger partial charge in [0.1, 0.15) is 5.69 Å². The van der Waals surface area contributed by atoms with Gasteiger partial charge in [-0.1, -0.05) is 43.7 Å². The van der Waals surface area contributed by atoms with E-state index in [2.05, 4.69) is 5.10 Å². The van der Waals surface area contributed by atoms with E-state index < -0.39 is 15.8 Å². The van der Waals surface area contributed by atoms with Crippen LogP contribution in [0.1, 0.15) is 32.0 Å². The smallest absolute Gasteiger partial charge is 0.233 e. The molecule has 0 aliphatic rings. The van der Waals surface area contributed by atoms with Crippen LogP contribution in [0.2, 0.25) is 0 Å². The number of rotatable bonds is 6. The van der Waals surface area contributed by atoms with Gasteiger partial charge in [0.15, 0.2) is 9.84 Å².